The van der Waals surface area contributed by atoms with Gasteiger partial charge in [-0.25, -0.2) is 19.2 Å². The number of ether oxygens (including phenoxy) is 8. The second kappa shape index (κ2) is 22.7. The Bertz CT molecular complexity index is 2670. The molecule has 11 atom stereocenters. The molecule has 4 aliphatic heterocycles. The fourth-order valence-electron chi connectivity index (χ4n) is 14.4. The average molecular weight is 1130 g/mol. The molecule has 1 aromatic heterocycles. The number of ketones is 1. The number of amides is 2. The van der Waals surface area contributed by atoms with E-state index >= 15 is 14.4 Å². The van der Waals surface area contributed by atoms with Crippen LogP contribution in [-0.2, 0) is 56.7 Å². The monoisotopic (exact) mass is 1130 g/mol. The number of carbonyl (C=O) groups excluding carboxylic acids is 6. The number of piperidine rings is 1. The van der Waals surface area contributed by atoms with E-state index in [2.05, 4.69) is 32.3 Å². The normalized spacial score (nSPS) is 33.2. The Hall–Kier alpha value is -5.42. The summed E-state index contributed by atoms with van der Waals surface area (Å²) in [5, 5.41) is 14.6. The van der Waals surface area contributed by atoms with Crippen LogP contribution in [0.15, 0.2) is 76.9 Å². The number of hydrogen-bond acceptors (Lipinski definition) is 18. The highest BCUT2D eigenvalue weighted by atomic mass is 28.4. The summed E-state index contributed by atoms with van der Waals surface area (Å²) >= 11 is 0. The molecule has 2 aromatic rings. The summed E-state index contributed by atoms with van der Waals surface area (Å²) in [6.45, 7) is 24.1. The molecule has 1 N–H and O–H groups in total. The van der Waals surface area contributed by atoms with Crippen molar-refractivity contribution < 1.29 is 80.6 Å². The SMILES string of the molecule is C=CCOC(=O)N1[C@@H](c2ccco2)[C@H](C(=O)O[C@H]2C[C@@]3(O)C(OC(=O)c4ccccc4)C4[C@](C)(C(=O)[C@H](OC(=O)N5CCC(N6CCOCC6)CC5)C(=C2C)C3(C)C)[C@@H](O[Si](CC)(CC)CC)C[C@H]2OC[C@@]42OC(C)=O)OC1(C)C. The summed E-state index contributed by atoms with van der Waals surface area (Å²) in [7, 11) is -2.70. The Morgan fingerprint density at radius 1 is 0.887 bits per heavy atom. The number of nitrogens with zero attached hydrogens (tertiary/aromatic N) is 3. The van der Waals surface area contributed by atoms with Gasteiger partial charge in [0.1, 0.15) is 48.0 Å². The molecule has 1 aromatic carbocycles. The lowest BCUT2D eigenvalue weighted by Gasteiger charge is -2.68. The van der Waals surface area contributed by atoms with Gasteiger partial charge in [-0.05, 0) is 94.1 Å². The van der Waals surface area contributed by atoms with E-state index < -0.39 is 127 Å². The Morgan fingerprint density at radius 3 is 2.15 bits per heavy atom. The molecule has 2 bridgehead atoms. The number of Topliss-reactive ketones (excluding diaryl/α,β-unsaturated/α-hetero) is 1. The third kappa shape index (κ3) is 10.1. The third-order valence-electron chi connectivity index (χ3n) is 19.1. The first-order valence-electron chi connectivity index (χ1n) is 28.5. The second-order valence-corrected chi connectivity index (χ2v) is 28.6. The lowest BCUT2D eigenvalue weighted by Crippen LogP contribution is -2.82. The number of fused-ring (bicyclic) bond motifs is 5. The number of esters is 3. The maximum Gasteiger partial charge on any atom is 0.413 e. The predicted octanol–water partition coefficient (Wildman–Crippen LogP) is 7.70. The minimum atomic E-state index is -2.70. The average Bonchev–Trinajstić information content (AvgIpc) is 4.17. The molecule has 9 rings (SSSR count). The molecule has 2 amide bonds. The quantitative estimate of drug-likeness (QED) is 0.0780. The van der Waals surface area contributed by atoms with Crippen LogP contribution in [0.3, 0.4) is 0 Å². The summed E-state index contributed by atoms with van der Waals surface area (Å²) in [6, 6.07) is 12.4. The third-order valence-corrected chi connectivity index (χ3v) is 23.8. The molecular weight excluding hydrogens is 1050 g/mol. The van der Waals surface area contributed by atoms with Crippen LogP contribution in [0.5, 0.6) is 0 Å². The van der Waals surface area contributed by atoms with Crippen molar-refractivity contribution in [1.29, 1.82) is 0 Å². The van der Waals surface area contributed by atoms with Gasteiger partial charge < -0.3 is 56.7 Å². The van der Waals surface area contributed by atoms with Crippen molar-refractivity contribution in [3.05, 3.63) is 83.9 Å². The molecule has 0 radical (unpaired) electrons. The van der Waals surface area contributed by atoms with Crippen molar-refractivity contribution in [2.24, 2.45) is 16.7 Å². The second-order valence-electron chi connectivity index (χ2n) is 23.8. The van der Waals surface area contributed by atoms with E-state index in [-0.39, 0.29) is 48.1 Å². The number of hydrogen-bond donors (Lipinski definition) is 1. The number of rotatable bonds is 15. The van der Waals surface area contributed by atoms with Crippen LogP contribution in [0, 0.1) is 16.7 Å². The van der Waals surface area contributed by atoms with E-state index in [1.165, 1.54) is 24.2 Å². The lowest BCUT2D eigenvalue weighted by molar-refractivity contribution is -0.344. The zero-order valence-corrected chi connectivity index (χ0v) is 49.0. The number of likely N-dealkylation sites (tertiary alicyclic amines) is 1. The molecule has 4 saturated heterocycles. The molecule has 2 unspecified atom stereocenters. The van der Waals surface area contributed by atoms with Crippen LogP contribution in [0.4, 0.5) is 9.59 Å². The summed E-state index contributed by atoms with van der Waals surface area (Å²) in [5.41, 5.74) is -8.60. The standard InChI is InChI=1S/C59H81N3O17Si/c1-12-29-72-54(68)62-45(40-22-19-30-71-40)47(78-56(62,9)10)52(66)74-41-34-59(69)50(76-51(65)38-20-17-16-18-21-38)48-57(11,42(79-80(13-2,14-3)15-4)33-43-58(48,35-73-43)77-37(6)63)49(64)46(44(36(41)5)55(59,7)8)75-53(67)61-25-23-39(24-26-61)60-27-31-70-32-28-60/h12,16-22,30,39,41-43,45-48,50,69H,1,13-15,23-29,31-35H2,2-11H3/t41-,42-,43+,45-,46+,47+,48?,50?,57+,58-,59+/m0/s1. The first-order valence-corrected chi connectivity index (χ1v) is 31.0. The molecule has 3 aliphatic carbocycles. The van der Waals surface area contributed by atoms with Crippen molar-refractivity contribution in [2.45, 2.75) is 179 Å². The maximum absolute atomic E-state index is 17.1. The summed E-state index contributed by atoms with van der Waals surface area (Å²) in [4.78, 5) is 95.3. The molecule has 0 spiro atoms. The predicted molar refractivity (Wildman–Crippen MR) is 290 cm³/mol. The van der Waals surface area contributed by atoms with Gasteiger partial charge in [0.2, 0.25) is 0 Å². The van der Waals surface area contributed by atoms with Gasteiger partial charge >= 0.3 is 30.1 Å². The van der Waals surface area contributed by atoms with E-state index in [4.69, 9.17) is 46.7 Å². The van der Waals surface area contributed by atoms with E-state index in [1.54, 1.807) is 88.9 Å². The van der Waals surface area contributed by atoms with Crippen LogP contribution in [0.25, 0.3) is 0 Å². The van der Waals surface area contributed by atoms with Gasteiger partial charge in [-0.1, -0.05) is 65.5 Å². The van der Waals surface area contributed by atoms with Gasteiger partial charge in [0.25, 0.3) is 0 Å². The number of morpholine rings is 1. The van der Waals surface area contributed by atoms with E-state index in [9.17, 15) is 19.5 Å². The van der Waals surface area contributed by atoms with E-state index in [0.717, 1.165) is 13.1 Å². The fourth-order valence-corrected chi connectivity index (χ4v) is 17.3. The summed E-state index contributed by atoms with van der Waals surface area (Å²) in [5.74, 6) is -4.46. The highest BCUT2D eigenvalue weighted by Crippen LogP contribution is 2.65. The smallest absolute Gasteiger partial charge is 0.413 e. The Labute approximate surface area is 469 Å². The molecular formula is C59H81N3O17Si. The van der Waals surface area contributed by atoms with Crippen molar-refractivity contribution in [1.82, 2.24) is 14.7 Å². The highest BCUT2D eigenvalue weighted by Gasteiger charge is 2.79. The number of benzene rings is 1. The molecule has 6 fully saturated rings. The van der Waals surface area contributed by atoms with Crippen LogP contribution in [-0.4, -0.2) is 176 Å². The Morgan fingerprint density at radius 2 is 1.56 bits per heavy atom. The molecule has 5 heterocycles. The van der Waals surface area contributed by atoms with Crippen LogP contribution in [0.2, 0.25) is 18.1 Å². The fraction of sp³-hybridized carbons (Fsp3) is 0.661. The molecule has 7 aliphatic rings. The summed E-state index contributed by atoms with van der Waals surface area (Å²) in [6.07, 6.45) is -6.36. The molecule has 438 valence electrons. The maximum atomic E-state index is 17.1. The highest BCUT2D eigenvalue weighted by molar-refractivity contribution is 6.73. The molecule has 20 nitrogen and oxygen atoms in total. The minimum Gasteiger partial charge on any atom is -0.467 e. The topological polar surface area (TPSA) is 229 Å². The first-order chi connectivity index (χ1) is 38.0. The lowest BCUT2D eigenvalue weighted by atomic mass is 9.44. The molecule has 80 heavy (non-hydrogen) atoms. The van der Waals surface area contributed by atoms with Crippen molar-refractivity contribution >= 4 is 44.2 Å². The Kier molecular flexibility index (Phi) is 16.8. The van der Waals surface area contributed by atoms with Crippen LogP contribution in [0.1, 0.15) is 117 Å². The van der Waals surface area contributed by atoms with Crippen LogP contribution < -0.4 is 0 Å². The minimum absolute atomic E-state index is 0.0721. The van der Waals surface area contributed by atoms with Gasteiger partial charge in [-0.2, -0.15) is 0 Å². The Balaban J connectivity index is 1.23. The summed E-state index contributed by atoms with van der Waals surface area (Å²) < 4.78 is 63.9. The van der Waals surface area contributed by atoms with Gasteiger partial charge in [0, 0.05) is 57.4 Å². The molecule has 21 heteroatoms. The van der Waals surface area contributed by atoms with Crippen molar-refractivity contribution in [2.75, 3.05) is 52.6 Å². The molecule has 2 saturated carbocycles. The number of aliphatic hydroxyl groups is 1. The largest absolute Gasteiger partial charge is 0.467 e. The van der Waals surface area contributed by atoms with Crippen LogP contribution >= 0.6 is 0 Å². The zero-order valence-electron chi connectivity index (χ0n) is 48.0. The van der Waals surface area contributed by atoms with Gasteiger partial charge in [-0.3, -0.25) is 19.4 Å². The first kappa shape index (κ1) is 59.2. The van der Waals surface area contributed by atoms with Gasteiger partial charge in [0.05, 0.1) is 49.1 Å². The number of carbonyl (C=O) groups is 6. The number of furan rings is 1. The van der Waals surface area contributed by atoms with Gasteiger partial charge in [-0.15, -0.1) is 0 Å². The van der Waals surface area contributed by atoms with E-state index in [0.29, 0.717) is 57.3 Å². The van der Waals surface area contributed by atoms with Crippen molar-refractivity contribution in [3.63, 3.8) is 0 Å². The zero-order chi connectivity index (χ0) is 57.7. The van der Waals surface area contributed by atoms with Gasteiger partial charge in [0.15, 0.2) is 31.9 Å². The van der Waals surface area contributed by atoms with E-state index in [1.807, 2.05) is 0 Å². The van der Waals surface area contributed by atoms with Crippen molar-refractivity contribution in [3.8, 4) is 0 Å².